The third-order valence-corrected chi connectivity index (χ3v) is 2.64. The molecule has 0 N–H and O–H groups in total. The molecule has 0 aliphatic rings. The van der Waals surface area contributed by atoms with Crippen LogP contribution in [0.25, 0.3) is 17.1 Å². The minimum Gasteiger partial charge on any atom is -0.423 e. The Labute approximate surface area is 97.0 Å². The summed E-state index contributed by atoms with van der Waals surface area (Å²) in [7, 11) is 0. The number of pyridine rings is 1. The Morgan fingerprint density at radius 1 is 1.06 bits per heavy atom. The molecule has 0 saturated heterocycles. The van der Waals surface area contributed by atoms with Gasteiger partial charge in [0.05, 0.1) is 0 Å². The minimum atomic E-state index is 0.506. The van der Waals surface area contributed by atoms with E-state index in [1.165, 1.54) is 0 Å². The summed E-state index contributed by atoms with van der Waals surface area (Å²) >= 11 is 5.20. The summed E-state index contributed by atoms with van der Waals surface area (Å²) in [4.78, 5) is 4.37. The van der Waals surface area contributed by atoms with Crippen molar-refractivity contribution in [3.05, 3.63) is 53.3 Å². The van der Waals surface area contributed by atoms with Gasteiger partial charge in [0.2, 0.25) is 0 Å². The van der Waals surface area contributed by atoms with E-state index in [1.54, 1.807) is 4.57 Å². The number of fused-ring (bicyclic) bond motifs is 1. The number of para-hydroxylation sites is 2. The summed E-state index contributed by atoms with van der Waals surface area (Å²) in [6, 6.07) is 13.8. The maximum Gasteiger partial charge on any atom is 0.307 e. The average Bonchev–Trinajstić information content (AvgIpc) is 2.73. The second kappa shape index (κ2) is 3.57. The van der Waals surface area contributed by atoms with Crippen molar-refractivity contribution in [2.24, 2.45) is 0 Å². The number of hydrogen-bond acceptors (Lipinski definition) is 3. The molecular formula is C12H8N2OS. The van der Waals surface area contributed by atoms with E-state index in [0.717, 1.165) is 11.1 Å². The predicted molar refractivity (Wildman–Crippen MR) is 64.2 cm³/mol. The van der Waals surface area contributed by atoms with Crippen LogP contribution in [0, 0.1) is 4.64 Å². The van der Waals surface area contributed by atoms with Crippen LogP contribution >= 0.6 is 12.2 Å². The van der Waals surface area contributed by atoms with Gasteiger partial charge in [0.25, 0.3) is 0 Å². The lowest BCUT2D eigenvalue weighted by Crippen LogP contribution is -1.94. The molecule has 0 radical (unpaired) electrons. The number of aromatic nitrogens is 2. The normalized spacial score (nSPS) is 10.8. The van der Waals surface area contributed by atoms with Gasteiger partial charge in [-0.25, -0.2) is 0 Å². The van der Waals surface area contributed by atoms with Gasteiger partial charge in [0.1, 0.15) is 10.2 Å². The van der Waals surface area contributed by atoms with E-state index in [0.29, 0.717) is 10.7 Å². The first-order chi connectivity index (χ1) is 7.84. The lowest BCUT2D eigenvalue weighted by atomic mass is 10.3. The highest BCUT2D eigenvalue weighted by molar-refractivity contribution is 7.71. The van der Waals surface area contributed by atoms with Crippen molar-refractivity contribution in [1.82, 2.24) is 9.55 Å². The first kappa shape index (κ1) is 9.30. The molecule has 3 rings (SSSR count). The second-order valence-electron chi connectivity index (χ2n) is 3.37. The van der Waals surface area contributed by atoms with E-state index in [-0.39, 0.29) is 0 Å². The SMILES string of the molecule is S=c1ccccn1-c1nc2ccccc2o1. The molecule has 0 spiro atoms. The fourth-order valence-electron chi connectivity index (χ4n) is 1.55. The number of hydrogen-bond donors (Lipinski definition) is 0. The Balaban J connectivity index is 2.27. The molecule has 0 atom stereocenters. The Bertz CT molecular complexity index is 666. The van der Waals surface area contributed by atoms with Gasteiger partial charge in [0, 0.05) is 6.20 Å². The van der Waals surface area contributed by atoms with Crippen molar-refractivity contribution < 1.29 is 4.42 Å². The van der Waals surface area contributed by atoms with Crippen molar-refractivity contribution in [3.63, 3.8) is 0 Å². The number of nitrogens with zero attached hydrogens (tertiary/aromatic N) is 2. The van der Waals surface area contributed by atoms with Gasteiger partial charge in [0.15, 0.2) is 5.58 Å². The van der Waals surface area contributed by atoms with Gasteiger partial charge in [-0.2, -0.15) is 4.98 Å². The lowest BCUT2D eigenvalue weighted by molar-refractivity contribution is 0.561. The fraction of sp³-hybridized carbons (Fsp3) is 0. The van der Waals surface area contributed by atoms with Gasteiger partial charge in [-0.3, -0.25) is 4.57 Å². The van der Waals surface area contributed by atoms with Gasteiger partial charge in [-0.1, -0.05) is 30.4 Å². The van der Waals surface area contributed by atoms with E-state index >= 15 is 0 Å². The molecule has 16 heavy (non-hydrogen) atoms. The summed E-state index contributed by atoms with van der Waals surface area (Å²) in [5, 5.41) is 0. The van der Waals surface area contributed by atoms with Crippen molar-refractivity contribution in [1.29, 1.82) is 0 Å². The van der Waals surface area contributed by atoms with Crippen LogP contribution in [0.3, 0.4) is 0 Å². The zero-order chi connectivity index (χ0) is 11.0. The van der Waals surface area contributed by atoms with Crippen molar-refractivity contribution in [3.8, 4) is 6.01 Å². The fourth-order valence-corrected chi connectivity index (χ4v) is 1.77. The molecule has 4 heteroatoms. The lowest BCUT2D eigenvalue weighted by Gasteiger charge is -1.98. The largest absolute Gasteiger partial charge is 0.423 e. The first-order valence-corrected chi connectivity index (χ1v) is 5.29. The van der Waals surface area contributed by atoms with Gasteiger partial charge >= 0.3 is 6.01 Å². The first-order valence-electron chi connectivity index (χ1n) is 4.88. The highest BCUT2D eigenvalue weighted by Crippen LogP contribution is 2.17. The zero-order valence-corrected chi connectivity index (χ0v) is 9.15. The molecule has 0 amide bonds. The summed E-state index contributed by atoms with van der Waals surface area (Å²) in [5.74, 6) is 0. The van der Waals surface area contributed by atoms with Crippen LogP contribution in [0.1, 0.15) is 0 Å². The number of oxazole rings is 1. The van der Waals surface area contributed by atoms with Gasteiger partial charge in [-0.05, 0) is 24.3 Å². The zero-order valence-electron chi connectivity index (χ0n) is 8.33. The molecule has 0 fully saturated rings. The Hall–Kier alpha value is -1.94. The number of benzene rings is 1. The van der Waals surface area contributed by atoms with Crippen LogP contribution in [-0.4, -0.2) is 9.55 Å². The topological polar surface area (TPSA) is 31.0 Å². The average molecular weight is 228 g/mol. The second-order valence-corrected chi connectivity index (χ2v) is 3.79. The number of rotatable bonds is 1. The smallest absolute Gasteiger partial charge is 0.307 e. The summed E-state index contributed by atoms with van der Waals surface area (Å²) in [5.41, 5.74) is 1.60. The van der Waals surface area contributed by atoms with Crippen LogP contribution in [0.5, 0.6) is 0 Å². The molecule has 2 aromatic heterocycles. The molecule has 0 aliphatic heterocycles. The highest BCUT2D eigenvalue weighted by atomic mass is 32.1. The monoisotopic (exact) mass is 228 g/mol. The maximum absolute atomic E-state index is 5.62. The van der Waals surface area contributed by atoms with Crippen LogP contribution < -0.4 is 0 Å². The van der Waals surface area contributed by atoms with Gasteiger partial charge in [-0.15, -0.1) is 0 Å². The maximum atomic E-state index is 5.62. The van der Waals surface area contributed by atoms with Crippen LogP contribution in [0.2, 0.25) is 0 Å². The molecule has 0 saturated carbocycles. The molecular weight excluding hydrogens is 220 g/mol. The highest BCUT2D eigenvalue weighted by Gasteiger charge is 2.05. The predicted octanol–water partition coefficient (Wildman–Crippen LogP) is 3.35. The van der Waals surface area contributed by atoms with Crippen LogP contribution in [-0.2, 0) is 0 Å². The Morgan fingerprint density at radius 2 is 1.88 bits per heavy atom. The molecule has 3 aromatic rings. The van der Waals surface area contributed by atoms with E-state index in [2.05, 4.69) is 4.98 Å². The van der Waals surface area contributed by atoms with Gasteiger partial charge < -0.3 is 4.42 Å². The van der Waals surface area contributed by atoms with Crippen LogP contribution in [0.4, 0.5) is 0 Å². The molecule has 0 unspecified atom stereocenters. The third-order valence-electron chi connectivity index (χ3n) is 2.31. The molecule has 1 aromatic carbocycles. The van der Waals surface area contributed by atoms with Crippen molar-refractivity contribution in [2.75, 3.05) is 0 Å². The molecule has 0 bridgehead atoms. The van der Waals surface area contributed by atoms with Crippen molar-refractivity contribution >= 4 is 23.3 Å². The molecule has 2 heterocycles. The van der Waals surface area contributed by atoms with E-state index < -0.39 is 0 Å². The summed E-state index contributed by atoms with van der Waals surface area (Å²) in [6.45, 7) is 0. The van der Waals surface area contributed by atoms with E-state index in [9.17, 15) is 0 Å². The third kappa shape index (κ3) is 1.44. The van der Waals surface area contributed by atoms with Crippen LogP contribution in [0.15, 0.2) is 53.1 Å². The molecule has 3 nitrogen and oxygen atoms in total. The standard InChI is InChI=1S/C12H8N2OS/c16-11-7-3-4-8-14(11)12-13-9-5-1-2-6-10(9)15-12/h1-8H. The van der Waals surface area contributed by atoms with E-state index in [1.807, 2.05) is 48.7 Å². The quantitative estimate of drug-likeness (QED) is 0.598. The molecule has 78 valence electrons. The van der Waals surface area contributed by atoms with Crippen molar-refractivity contribution in [2.45, 2.75) is 0 Å². The Morgan fingerprint density at radius 3 is 2.69 bits per heavy atom. The Kier molecular flexibility index (Phi) is 2.08. The summed E-state index contributed by atoms with van der Waals surface area (Å²) in [6.07, 6.45) is 1.84. The summed E-state index contributed by atoms with van der Waals surface area (Å²) < 4.78 is 8.04. The van der Waals surface area contributed by atoms with E-state index in [4.69, 9.17) is 16.6 Å². The minimum absolute atomic E-state index is 0.506. The molecule has 0 aliphatic carbocycles.